The fraction of sp³-hybridized carbons (Fsp3) is 0.100. The van der Waals surface area contributed by atoms with Gasteiger partial charge >= 0.3 is 0 Å². The summed E-state index contributed by atoms with van der Waals surface area (Å²) >= 11 is 2.80. The van der Waals surface area contributed by atoms with Gasteiger partial charge in [-0.3, -0.25) is 10.1 Å². The highest BCUT2D eigenvalue weighted by molar-refractivity contribution is 7.15. The van der Waals surface area contributed by atoms with E-state index >= 15 is 0 Å². The first kappa shape index (κ1) is 19.2. The highest BCUT2D eigenvalue weighted by Crippen LogP contribution is 2.20. The van der Waals surface area contributed by atoms with Crippen molar-refractivity contribution in [2.75, 3.05) is 5.32 Å². The number of amides is 1. The molecule has 0 aliphatic rings. The number of ether oxygens (including phenoxy) is 1. The summed E-state index contributed by atoms with van der Waals surface area (Å²) in [4.78, 5) is 16.6. The van der Waals surface area contributed by atoms with Crippen molar-refractivity contribution in [3.8, 4) is 5.75 Å². The summed E-state index contributed by atoms with van der Waals surface area (Å²) in [6, 6.07) is 13.1. The van der Waals surface area contributed by atoms with Crippen LogP contribution in [0.4, 0.5) is 9.52 Å². The standard InChI is InChI=1S/C20H15FN4O2S2/c21-15-5-1-13(2-6-15)9-18-24-25-20(29-18)23-19(26)14-3-7-17(8-4-14)27-10-16-11-28-12-22-16/h1-8,11-12H,9-10H2,(H,23,25,26). The minimum Gasteiger partial charge on any atom is -0.487 e. The Balaban J connectivity index is 1.33. The number of hydrogen-bond donors (Lipinski definition) is 1. The molecule has 1 amide bonds. The molecule has 9 heteroatoms. The van der Waals surface area contributed by atoms with Gasteiger partial charge < -0.3 is 4.74 Å². The number of anilines is 1. The first-order chi connectivity index (χ1) is 14.2. The van der Waals surface area contributed by atoms with Gasteiger partial charge in [0.05, 0.1) is 11.2 Å². The van der Waals surface area contributed by atoms with E-state index in [1.54, 1.807) is 41.9 Å². The van der Waals surface area contributed by atoms with E-state index in [0.717, 1.165) is 16.3 Å². The molecule has 2 aromatic carbocycles. The van der Waals surface area contributed by atoms with E-state index in [1.165, 1.54) is 34.8 Å². The molecular formula is C20H15FN4O2S2. The Kier molecular flexibility index (Phi) is 5.87. The van der Waals surface area contributed by atoms with Gasteiger partial charge in [-0.05, 0) is 42.0 Å². The van der Waals surface area contributed by atoms with Gasteiger partial charge in [0.25, 0.3) is 5.91 Å². The van der Waals surface area contributed by atoms with Crippen LogP contribution in [-0.2, 0) is 13.0 Å². The van der Waals surface area contributed by atoms with Gasteiger partial charge in [0.1, 0.15) is 23.2 Å². The number of benzene rings is 2. The normalized spacial score (nSPS) is 10.7. The highest BCUT2D eigenvalue weighted by Gasteiger charge is 2.11. The van der Waals surface area contributed by atoms with Crippen molar-refractivity contribution in [3.05, 3.63) is 87.1 Å². The molecule has 0 aliphatic heterocycles. The maximum atomic E-state index is 13.0. The molecule has 2 aromatic heterocycles. The molecule has 0 fully saturated rings. The zero-order valence-corrected chi connectivity index (χ0v) is 16.7. The third-order valence-corrected chi connectivity index (χ3v) is 5.42. The van der Waals surface area contributed by atoms with Crippen LogP contribution in [0.2, 0.25) is 0 Å². The third kappa shape index (κ3) is 5.21. The molecule has 4 rings (SSSR count). The average Bonchev–Trinajstić information content (AvgIpc) is 3.41. The van der Waals surface area contributed by atoms with E-state index in [9.17, 15) is 9.18 Å². The summed E-state index contributed by atoms with van der Waals surface area (Å²) < 4.78 is 18.6. The predicted molar refractivity (Wildman–Crippen MR) is 110 cm³/mol. The van der Waals surface area contributed by atoms with Gasteiger partial charge in [-0.1, -0.05) is 23.5 Å². The number of nitrogens with one attached hydrogen (secondary N) is 1. The molecule has 0 spiro atoms. The number of rotatable bonds is 7. The van der Waals surface area contributed by atoms with E-state index in [2.05, 4.69) is 20.5 Å². The second kappa shape index (κ2) is 8.89. The van der Waals surface area contributed by atoms with Crippen LogP contribution in [0, 0.1) is 5.82 Å². The van der Waals surface area contributed by atoms with Gasteiger partial charge in [-0.25, -0.2) is 9.37 Å². The third-order valence-electron chi connectivity index (χ3n) is 3.94. The summed E-state index contributed by atoms with van der Waals surface area (Å²) in [5, 5.41) is 13.9. The lowest BCUT2D eigenvalue weighted by Gasteiger charge is -2.05. The van der Waals surface area contributed by atoms with E-state index in [4.69, 9.17) is 4.74 Å². The molecule has 0 aliphatic carbocycles. The summed E-state index contributed by atoms with van der Waals surface area (Å²) in [6.45, 7) is 0.386. The minimum atomic E-state index is -0.279. The first-order valence-corrected chi connectivity index (χ1v) is 10.4. The summed E-state index contributed by atoms with van der Waals surface area (Å²) in [6.07, 6.45) is 0.527. The number of halogens is 1. The van der Waals surface area contributed by atoms with Crippen molar-refractivity contribution in [3.63, 3.8) is 0 Å². The zero-order chi connectivity index (χ0) is 20.1. The summed E-state index contributed by atoms with van der Waals surface area (Å²) in [5.74, 6) is 0.103. The van der Waals surface area contributed by atoms with Gasteiger partial charge in [-0.2, -0.15) is 0 Å². The Morgan fingerprint density at radius 1 is 1.07 bits per heavy atom. The fourth-order valence-electron chi connectivity index (χ4n) is 2.49. The highest BCUT2D eigenvalue weighted by atomic mass is 32.1. The van der Waals surface area contributed by atoms with Crippen molar-refractivity contribution in [2.45, 2.75) is 13.0 Å². The van der Waals surface area contributed by atoms with Gasteiger partial charge in [0, 0.05) is 17.4 Å². The SMILES string of the molecule is O=C(Nc1nnc(Cc2ccc(F)cc2)s1)c1ccc(OCc2cscn2)cc1. The van der Waals surface area contributed by atoms with E-state index < -0.39 is 0 Å². The molecule has 6 nitrogen and oxygen atoms in total. The molecule has 0 atom stereocenters. The van der Waals surface area contributed by atoms with Crippen LogP contribution in [0.15, 0.2) is 59.4 Å². The predicted octanol–water partition coefficient (Wildman–Crippen LogP) is 4.56. The van der Waals surface area contributed by atoms with Crippen LogP contribution < -0.4 is 10.1 Å². The maximum Gasteiger partial charge on any atom is 0.257 e. The first-order valence-electron chi connectivity index (χ1n) is 8.64. The Morgan fingerprint density at radius 2 is 1.86 bits per heavy atom. The van der Waals surface area contributed by atoms with Gasteiger partial charge in [0.2, 0.25) is 5.13 Å². The number of carbonyl (C=O) groups excluding carboxylic acids is 1. The van der Waals surface area contributed by atoms with E-state index in [-0.39, 0.29) is 11.7 Å². The maximum absolute atomic E-state index is 13.0. The zero-order valence-electron chi connectivity index (χ0n) is 15.0. The van der Waals surface area contributed by atoms with Crippen molar-refractivity contribution in [2.24, 2.45) is 0 Å². The quantitative estimate of drug-likeness (QED) is 0.469. The van der Waals surface area contributed by atoms with Gasteiger partial charge in [-0.15, -0.1) is 21.5 Å². The number of thiazole rings is 1. The van der Waals surface area contributed by atoms with Gasteiger partial charge in [0.15, 0.2) is 0 Å². The second-order valence-corrected chi connectivity index (χ2v) is 7.83. The lowest BCUT2D eigenvalue weighted by molar-refractivity contribution is 0.102. The summed E-state index contributed by atoms with van der Waals surface area (Å²) in [7, 11) is 0. The minimum absolute atomic E-state index is 0.277. The second-order valence-electron chi connectivity index (χ2n) is 6.05. The number of hydrogen-bond acceptors (Lipinski definition) is 7. The van der Waals surface area contributed by atoms with E-state index in [0.29, 0.717) is 29.5 Å². The summed E-state index contributed by atoms with van der Waals surface area (Å²) in [5.41, 5.74) is 4.03. The molecule has 0 unspecified atom stereocenters. The molecule has 0 bridgehead atoms. The van der Waals surface area contributed by atoms with Crippen molar-refractivity contribution < 1.29 is 13.9 Å². The van der Waals surface area contributed by atoms with Crippen LogP contribution in [0.1, 0.15) is 26.6 Å². The van der Waals surface area contributed by atoms with Crippen LogP contribution in [-0.4, -0.2) is 21.1 Å². The average molecular weight is 426 g/mol. The lowest BCUT2D eigenvalue weighted by atomic mass is 10.2. The topological polar surface area (TPSA) is 77.0 Å². The number of nitrogens with zero attached hydrogens (tertiary/aromatic N) is 3. The number of carbonyl (C=O) groups is 1. The Hall–Kier alpha value is -3.17. The number of aromatic nitrogens is 3. The molecular weight excluding hydrogens is 411 g/mol. The lowest BCUT2D eigenvalue weighted by Crippen LogP contribution is -2.11. The van der Waals surface area contributed by atoms with Crippen molar-refractivity contribution in [1.29, 1.82) is 0 Å². The Bertz CT molecular complexity index is 1080. The smallest absolute Gasteiger partial charge is 0.257 e. The van der Waals surface area contributed by atoms with Crippen LogP contribution in [0.25, 0.3) is 0 Å². The van der Waals surface area contributed by atoms with Crippen molar-refractivity contribution in [1.82, 2.24) is 15.2 Å². The Morgan fingerprint density at radius 3 is 2.59 bits per heavy atom. The Labute approximate surface area is 174 Å². The van der Waals surface area contributed by atoms with Crippen LogP contribution in [0.5, 0.6) is 5.75 Å². The molecule has 4 aromatic rings. The molecule has 0 radical (unpaired) electrons. The molecule has 1 N–H and O–H groups in total. The van der Waals surface area contributed by atoms with Crippen LogP contribution >= 0.6 is 22.7 Å². The van der Waals surface area contributed by atoms with Crippen LogP contribution in [0.3, 0.4) is 0 Å². The molecule has 0 saturated heterocycles. The molecule has 29 heavy (non-hydrogen) atoms. The molecule has 146 valence electrons. The molecule has 2 heterocycles. The largest absolute Gasteiger partial charge is 0.487 e. The van der Waals surface area contributed by atoms with Crippen molar-refractivity contribution >= 4 is 33.7 Å². The fourth-order valence-corrected chi connectivity index (χ4v) is 3.80. The molecule has 0 saturated carbocycles. The monoisotopic (exact) mass is 426 g/mol. The van der Waals surface area contributed by atoms with E-state index in [1.807, 2.05) is 5.38 Å².